The molecule has 1 saturated carbocycles. The molecule has 2 heteroatoms. The van der Waals surface area contributed by atoms with Gasteiger partial charge in [0.15, 0.2) is 0 Å². The molecule has 2 aromatic rings. The first-order valence-corrected chi connectivity index (χ1v) is 8.94. The maximum atomic E-state index is 6.20. The molecule has 3 atom stereocenters. The molecule has 114 valence electrons. The van der Waals surface area contributed by atoms with Crippen LogP contribution in [0.1, 0.15) is 51.4 Å². The number of hydrogen-bond donors (Lipinski definition) is 0. The van der Waals surface area contributed by atoms with Gasteiger partial charge < -0.3 is 4.42 Å². The third-order valence-corrected chi connectivity index (χ3v) is 6.28. The summed E-state index contributed by atoms with van der Waals surface area (Å²) < 4.78 is 6.20. The van der Waals surface area contributed by atoms with Crippen LogP contribution < -0.4 is 0 Å². The Kier molecular flexibility index (Phi) is 3.94. The molecule has 0 saturated heterocycles. The summed E-state index contributed by atoms with van der Waals surface area (Å²) in [4.78, 5) is 0.589. The molecule has 1 aromatic carbocycles. The fourth-order valence-electron chi connectivity index (χ4n) is 3.79. The second-order valence-corrected chi connectivity index (χ2v) is 8.59. The van der Waals surface area contributed by atoms with Crippen LogP contribution in [-0.2, 0) is 5.41 Å². The number of aryl methyl sites for hydroxylation is 1. The van der Waals surface area contributed by atoms with Crippen molar-refractivity contribution in [3.63, 3.8) is 0 Å². The maximum Gasteiger partial charge on any atom is 0.134 e. The smallest absolute Gasteiger partial charge is 0.134 e. The highest BCUT2D eigenvalue weighted by Crippen LogP contribution is 2.46. The van der Waals surface area contributed by atoms with E-state index in [0.29, 0.717) is 10.7 Å². The van der Waals surface area contributed by atoms with E-state index in [1.54, 1.807) is 0 Å². The average molecular weight is 349 g/mol. The summed E-state index contributed by atoms with van der Waals surface area (Å²) in [6.45, 7) is 9.18. The minimum atomic E-state index is 0.0707. The lowest BCUT2D eigenvalue weighted by Crippen LogP contribution is -2.38. The van der Waals surface area contributed by atoms with E-state index in [9.17, 15) is 0 Å². The Hall–Kier alpha value is -0.760. The van der Waals surface area contributed by atoms with Gasteiger partial charge in [0.1, 0.15) is 11.3 Å². The van der Waals surface area contributed by atoms with Crippen LogP contribution in [0.25, 0.3) is 11.0 Å². The van der Waals surface area contributed by atoms with Gasteiger partial charge in [0.25, 0.3) is 0 Å². The van der Waals surface area contributed by atoms with Crippen LogP contribution in [0.5, 0.6) is 0 Å². The Bertz CT molecular complexity index is 640. The number of benzene rings is 1. The quantitative estimate of drug-likeness (QED) is 0.587. The van der Waals surface area contributed by atoms with Crippen molar-refractivity contribution in [2.24, 2.45) is 11.8 Å². The highest BCUT2D eigenvalue weighted by atomic mass is 79.9. The number of hydrogen-bond acceptors (Lipinski definition) is 1. The van der Waals surface area contributed by atoms with Crippen LogP contribution >= 0.6 is 15.9 Å². The van der Waals surface area contributed by atoms with Gasteiger partial charge in [-0.1, -0.05) is 54.8 Å². The standard InChI is InChI=1S/C19H25BrO/c1-12-6-8-17-14(9-12)11-18(21-17)19(3,4)15-7-5-13(2)10-16(15)20/h6,8-9,11,13,15-16H,5,7,10H2,1-4H3. The number of furan rings is 1. The predicted molar refractivity (Wildman–Crippen MR) is 93.2 cm³/mol. The van der Waals surface area contributed by atoms with E-state index < -0.39 is 0 Å². The molecular formula is C19H25BrO. The minimum absolute atomic E-state index is 0.0707. The van der Waals surface area contributed by atoms with Gasteiger partial charge in [-0.2, -0.15) is 0 Å². The summed E-state index contributed by atoms with van der Waals surface area (Å²) in [6, 6.07) is 8.68. The molecule has 1 aliphatic rings. The van der Waals surface area contributed by atoms with Gasteiger partial charge in [-0.3, -0.25) is 0 Å². The van der Waals surface area contributed by atoms with E-state index in [-0.39, 0.29) is 5.41 Å². The largest absolute Gasteiger partial charge is 0.460 e. The molecular weight excluding hydrogens is 324 g/mol. The van der Waals surface area contributed by atoms with E-state index in [1.807, 2.05) is 0 Å². The van der Waals surface area contributed by atoms with Crippen LogP contribution in [0.2, 0.25) is 0 Å². The lowest BCUT2D eigenvalue weighted by atomic mass is 9.68. The Morgan fingerprint density at radius 3 is 2.67 bits per heavy atom. The third kappa shape index (κ3) is 2.79. The molecule has 0 amide bonds. The zero-order chi connectivity index (χ0) is 15.2. The van der Waals surface area contributed by atoms with Crippen molar-refractivity contribution in [3.05, 3.63) is 35.6 Å². The molecule has 1 aliphatic carbocycles. The molecule has 1 nitrogen and oxygen atoms in total. The lowest BCUT2D eigenvalue weighted by molar-refractivity contribution is 0.192. The molecule has 1 aromatic heterocycles. The number of rotatable bonds is 2. The fourth-order valence-corrected chi connectivity index (χ4v) is 5.35. The Morgan fingerprint density at radius 1 is 1.19 bits per heavy atom. The summed E-state index contributed by atoms with van der Waals surface area (Å²) in [5.74, 6) is 2.60. The lowest BCUT2D eigenvalue weighted by Gasteiger charge is -2.40. The first kappa shape index (κ1) is 15.1. The van der Waals surface area contributed by atoms with Crippen molar-refractivity contribution in [2.45, 2.75) is 57.2 Å². The van der Waals surface area contributed by atoms with Crippen LogP contribution in [0.15, 0.2) is 28.7 Å². The zero-order valence-electron chi connectivity index (χ0n) is 13.4. The highest BCUT2D eigenvalue weighted by Gasteiger charge is 2.40. The predicted octanol–water partition coefficient (Wildman–Crippen LogP) is 6.22. The fraction of sp³-hybridized carbons (Fsp3) is 0.579. The molecule has 1 fully saturated rings. The van der Waals surface area contributed by atoms with Gasteiger partial charge in [-0.25, -0.2) is 0 Å². The van der Waals surface area contributed by atoms with Crippen LogP contribution in [-0.4, -0.2) is 4.83 Å². The topological polar surface area (TPSA) is 13.1 Å². The minimum Gasteiger partial charge on any atom is -0.460 e. The molecule has 21 heavy (non-hydrogen) atoms. The zero-order valence-corrected chi connectivity index (χ0v) is 15.0. The van der Waals surface area contributed by atoms with Gasteiger partial charge in [0.2, 0.25) is 0 Å². The van der Waals surface area contributed by atoms with Crippen LogP contribution in [0, 0.1) is 18.8 Å². The van der Waals surface area contributed by atoms with E-state index in [1.165, 1.54) is 30.2 Å². The third-order valence-electron chi connectivity index (χ3n) is 5.27. The summed E-state index contributed by atoms with van der Waals surface area (Å²) in [5.41, 5.74) is 2.37. The molecule has 3 rings (SSSR count). The molecule has 0 radical (unpaired) electrons. The number of halogens is 1. The van der Waals surface area contributed by atoms with E-state index in [2.05, 4.69) is 67.9 Å². The number of alkyl halides is 1. The summed E-state index contributed by atoms with van der Waals surface area (Å²) in [7, 11) is 0. The van der Waals surface area contributed by atoms with Gasteiger partial charge >= 0.3 is 0 Å². The van der Waals surface area contributed by atoms with Crippen LogP contribution in [0.4, 0.5) is 0 Å². The first-order valence-electron chi connectivity index (χ1n) is 8.02. The van der Waals surface area contributed by atoms with Gasteiger partial charge in [-0.15, -0.1) is 0 Å². The molecule has 0 N–H and O–H groups in total. The normalized spacial score (nSPS) is 27.2. The van der Waals surface area contributed by atoms with Crippen molar-refractivity contribution in [2.75, 3.05) is 0 Å². The molecule has 3 unspecified atom stereocenters. The van der Waals surface area contributed by atoms with E-state index in [4.69, 9.17) is 4.42 Å². The van der Waals surface area contributed by atoms with Crippen LogP contribution in [0.3, 0.4) is 0 Å². The molecule has 0 aliphatic heterocycles. The van der Waals surface area contributed by atoms with Crippen molar-refractivity contribution < 1.29 is 4.42 Å². The number of fused-ring (bicyclic) bond motifs is 1. The SMILES string of the molecule is Cc1ccc2oc(C(C)(C)C3CCC(C)CC3Br)cc2c1. The highest BCUT2D eigenvalue weighted by molar-refractivity contribution is 9.09. The van der Waals surface area contributed by atoms with Crippen molar-refractivity contribution in [1.29, 1.82) is 0 Å². The Morgan fingerprint density at radius 2 is 1.95 bits per heavy atom. The summed E-state index contributed by atoms with van der Waals surface area (Å²) in [6.07, 6.45) is 3.88. The second kappa shape index (κ2) is 5.46. The average Bonchev–Trinajstić information content (AvgIpc) is 2.81. The second-order valence-electron chi connectivity index (χ2n) is 7.41. The molecule has 0 bridgehead atoms. The van der Waals surface area contributed by atoms with E-state index >= 15 is 0 Å². The van der Waals surface area contributed by atoms with Gasteiger partial charge in [-0.05, 0) is 49.8 Å². The molecule has 0 spiro atoms. The molecule has 1 heterocycles. The van der Waals surface area contributed by atoms with Crippen molar-refractivity contribution >= 4 is 26.9 Å². The van der Waals surface area contributed by atoms with Gasteiger partial charge in [0.05, 0.1) is 0 Å². The first-order chi connectivity index (χ1) is 9.88. The summed E-state index contributed by atoms with van der Waals surface area (Å²) >= 11 is 3.94. The maximum absolute atomic E-state index is 6.20. The van der Waals surface area contributed by atoms with E-state index in [0.717, 1.165) is 17.3 Å². The van der Waals surface area contributed by atoms with Crippen molar-refractivity contribution in [1.82, 2.24) is 0 Å². The summed E-state index contributed by atoms with van der Waals surface area (Å²) in [5, 5.41) is 1.23. The van der Waals surface area contributed by atoms with Crippen molar-refractivity contribution in [3.8, 4) is 0 Å². The Balaban J connectivity index is 1.95. The Labute approximate surface area is 136 Å². The monoisotopic (exact) mass is 348 g/mol. The van der Waals surface area contributed by atoms with Gasteiger partial charge in [0, 0.05) is 15.6 Å².